The van der Waals surface area contributed by atoms with E-state index >= 15 is 0 Å². The number of rotatable bonds is 5. The molecule has 1 aliphatic heterocycles. The molecule has 1 saturated heterocycles. The molecule has 9 heteroatoms. The van der Waals surface area contributed by atoms with Crippen molar-refractivity contribution >= 4 is 5.65 Å². The molecule has 0 amide bonds. The molecule has 0 spiro atoms. The Morgan fingerprint density at radius 1 is 1.13 bits per heavy atom. The second kappa shape index (κ2) is 7.79. The van der Waals surface area contributed by atoms with Crippen LogP contribution >= 0.6 is 0 Å². The topological polar surface area (TPSA) is 51.9 Å². The van der Waals surface area contributed by atoms with Gasteiger partial charge in [-0.25, -0.2) is 9.50 Å². The molecule has 6 nitrogen and oxygen atoms in total. The minimum atomic E-state index is -4.50. The van der Waals surface area contributed by atoms with E-state index in [1.165, 1.54) is 0 Å². The van der Waals surface area contributed by atoms with E-state index in [0.29, 0.717) is 29.4 Å². The maximum Gasteiger partial charge on any atom is 0.433 e. The first kappa shape index (κ1) is 20.5. The predicted octanol–water partition coefficient (Wildman–Crippen LogP) is 4.41. The lowest BCUT2D eigenvalue weighted by atomic mass is 10.1. The number of nitrogens with zero attached hydrogens (tertiary/aromatic N) is 4. The van der Waals surface area contributed by atoms with Gasteiger partial charge in [0.15, 0.2) is 5.65 Å². The summed E-state index contributed by atoms with van der Waals surface area (Å²) in [5, 5.41) is 4.31. The Bertz CT molecular complexity index is 1060. The minimum Gasteiger partial charge on any atom is -0.497 e. The van der Waals surface area contributed by atoms with Gasteiger partial charge in [-0.15, -0.1) is 0 Å². The summed E-state index contributed by atoms with van der Waals surface area (Å²) in [6, 6.07) is 8.25. The lowest BCUT2D eigenvalue weighted by Gasteiger charge is -2.24. The predicted molar refractivity (Wildman–Crippen MR) is 105 cm³/mol. The number of hydrogen-bond donors (Lipinski definition) is 0. The van der Waals surface area contributed by atoms with Crippen LogP contribution < -0.4 is 9.47 Å². The molecule has 0 N–H and O–H groups in total. The summed E-state index contributed by atoms with van der Waals surface area (Å²) in [6.07, 6.45) is -2.74. The van der Waals surface area contributed by atoms with Crippen molar-refractivity contribution in [1.29, 1.82) is 0 Å². The molecule has 1 fully saturated rings. The third-order valence-electron chi connectivity index (χ3n) is 5.44. The van der Waals surface area contributed by atoms with Crippen molar-refractivity contribution in [3.63, 3.8) is 0 Å². The molecule has 1 atom stereocenters. The number of fused-ring (bicyclic) bond motifs is 1. The maximum atomic E-state index is 13.5. The summed E-state index contributed by atoms with van der Waals surface area (Å²) in [4.78, 5) is 6.46. The van der Waals surface area contributed by atoms with Crippen LogP contribution in [0.2, 0.25) is 0 Å². The van der Waals surface area contributed by atoms with Gasteiger partial charge in [0.25, 0.3) is 0 Å². The molecule has 0 radical (unpaired) electrons. The van der Waals surface area contributed by atoms with Crippen molar-refractivity contribution in [1.82, 2.24) is 19.5 Å². The van der Waals surface area contributed by atoms with Gasteiger partial charge >= 0.3 is 6.18 Å². The van der Waals surface area contributed by atoms with Crippen molar-refractivity contribution in [2.24, 2.45) is 0 Å². The fourth-order valence-corrected chi connectivity index (χ4v) is 4.03. The molecule has 0 aliphatic carbocycles. The van der Waals surface area contributed by atoms with Crippen LogP contribution in [-0.4, -0.2) is 40.3 Å². The molecule has 3 heterocycles. The highest BCUT2D eigenvalue weighted by molar-refractivity contribution is 5.44. The standard InChI is InChI=1S/C21H23F3N4O2/c1-13-9-19(21(22,23)24)28-20(25-13)11-16(26-28)17-5-4-8-27(17)12-14-6-7-15(29-2)10-18(14)30-3/h6-7,9-11,17H,4-5,8,12H2,1-3H3/t17-/m0/s1. The molecule has 1 aromatic carbocycles. The summed E-state index contributed by atoms with van der Waals surface area (Å²) in [5.41, 5.74) is 1.30. The summed E-state index contributed by atoms with van der Waals surface area (Å²) < 4.78 is 52.1. The Hall–Kier alpha value is -2.81. The normalized spacial score (nSPS) is 17.6. The molecule has 0 unspecified atom stereocenters. The average molecular weight is 420 g/mol. The summed E-state index contributed by atoms with van der Waals surface area (Å²) in [7, 11) is 3.20. The number of hydrogen-bond acceptors (Lipinski definition) is 5. The lowest BCUT2D eigenvalue weighted by molar-refractivity contribution is -0.142. The van der Waals surface area contributed by atoms with Crippen LogP contribution in [-0.2, 0) is 12.7 Å². The van der Waals surface area contributed by atoms with E-state index < -0.39 is 11.9 Å². The number of alkyl halides is 3. The van der Waals surface area contributed by atoms with Crippen LogP contribution in [0.4, 0.5) is 13.2 Å². The van der Waals surface area contributed by atoms with Gasteiger partial charge in [0, 0.05) is 29.9 Å². The SMILES string of the molecule is COc1ccc(CN2CCC[C@H]2c2cc3nc(C)cc(C(F)(F)F)n3n2)c(OC)c1. The van der Waals surface area contributed by atoms with E-state index in [1.54, 1.807) is 27.2 Å². The highest BCUT2D eigenvalue weighted by atomic mass is 19.4. The van der Waals surface area contributed by atoms with Gasteiger partial charge in [-0.05, 0) is 38.4 Å². The largest absolute Gasteiger partial charge is 0.497 e. The van der Waals surface area contributed by atoms with E-state index in [9.17, 15) is 13.2 Å². The Morgan fingerprint density at radius 3 is 2.63 bits per heavy atom. The van der Waals surface area contributed by atoms with Crippen LogP contribution in [0.1, 0.15) is 41.5 Å². The lowest BCUT2D eigenvalue weighted by Crippen LogP contribution is -2.23. The zero-order chi connectivity index (χ0) is 21.5. The highest BCUT2D eigenvalue weighted by Crippen LogP contribution is 2.36. The van der Waals surface area contributed by atoms with Crippen LogP contribution in [0.5, 0.6) is 11.5 Å². The fourth-order valence-electron chi connectivity index (χ4n) is 4.03. The second-order valence-electron chi connectivity index (χ2n) is 7.43. The Kier molecular flexibility index (Phi) is 5.31. The van der Waals surface area contributed by atoms with Crippen LogP contribution in [0.3, 0.4) is 0 Å². The molecule has 0 saturated carbocycles. The van der Waals surface area contributed by atoms with Gasteiger partial charge in [-0.3, -0.25) is 4.90 Å². The van der Waals surface area contributed by atoms with Crippen LogP contribution in [0.15, 0.2) is 30.3 Å². The number of aromatic nitrogens is 3. The van der Waals surface area contributed by atoms with E-state index in [-0.39, 0.29) is 11.7 Å². The Balaban J connectivity index is 1.67. The molecule has 3 aromatic rings. The first-order chi connectivity index (χ1) is 14.3. The second-order valence-corrected chi connectivity index (χ2v) is 7.43. The summed E-state index contributed by atoms with van der Waals surface area (Å²) >= 11 is 0. The summed E-state index contributed by atoms with van der Waals surface area (Å²) in [5.74, 6) is 1.42. The molecular weight excluding hydrogens is 397 g/mol. The van der Waals surface area contributed by atoms with Crippen molar-refractivity contribution in [3.05, 3.63) is 53.0 Å². The molecular formula is C21H23F3N4O2. The van der Waals surface area contributed by atoms with E-state index in [0.717, 1.165) is 35.5 Å². The number of aryl methyl sites for hydroxylation is 1. The fraction of sp³-hybridized carbons (Fsp3) is 0.429. The number of halogens is 3. The highest BCUT2D eigenvalue weighted by Gasteiger charge is 2.36. The Morgan fingerprint density at radius 2 is 1.93 bits per heavy atom. The monoisotopic (exact) mass is 420 g/mol. The third-order valence-corrected chi connectivity index (χ3v) is 5.44. The van der Waals surface area contributed by atoms with Crippen LogP contribution in [0.25, 0.3) is 5.65 Å². The zero-order valence-electron chi connectivity index (χ0n) is 17.0. The molecule has 2 aromatic heterocycles. The van der Waals surface area contributed by atoms with Gasteiger partial charge in [0.2, 0.25) is 0 Å². The zero-order valence-corrected chi connectivity index (χ0v) is 17.0. The molecule has 1 aliphatic rings. The van der Waals surface area contributed by atoms with Crippen molar-refractivity contribution in [3.8, 4) is 11.5 Å². The van der Waals surface area contributed by atoms with E-state index in [1.807, 2.05) is 18.2 Å². The first-order valence-electron chi connectivity index (χ1n) is 9.69. The summed E-state index contributed by atoms with van der Waals surface area (Å²) in [6.45, 7) is 2.98. The van der Waals surface area contributed by atoms with Crippen molar-refractivity contribution in [2.75, 3.05) is 20.8 Å². The number of ether oxygens (including phenoxy) is 2. The first-order valence-corrected chi connectivity index (χ1v) is 9.69. The van der Waals surface area contributed by atoms with E-state index in [4.69, 9.17) is 9.47 Å². The minimum absolute atomic E-state index is 0.0834. The van der Waals surface area contributed by atoms with Crippen molar-refractivity contribution < 1.29 is 22.6 Å². The maximum absolute atomic E-state index is 13.5. The molecule has 0 bridgehead atoms. The molecule has 30 heavy (non-hydrogen) atoms. The van der Waals surface area contributed by atoms with Crippen LogP contribution in [0, 0.1) is 6.92 Å². The average Bonchev–Trinajstić information content (AvgIpc) is 3.33. The quantitative estimate of drug-likeness (QED) is 0.612. The van der Waals surface area contributed by atoms with Gasteiger partial charge in [-0.2, -0.15) is 18.3 Å². The third kappa shape index (κ3) is 3.81. The van der Waals surface area contributed by atoms with Gasteiger partial charge < -0.3 is 9.47 Å². The number of likely N-dealkylation sites (tertiary alicyclic amines) is 1. The molecule has 160 valence electrons. The van der Waals surface area contributed by atoms with Gasteiger partial charge in [0.05, 0.1) is 26.0 Å². The number of methoxy groups -OCH3 is 2. The van der Waals surface area contributed by atoms with Gasteiger partial charge in [-0.1, -0.05) is 6.07 Å². The molecule has 4 rings (SSSR count). The smallest absolute Gasteiger partial charge is 0.433 e. The van der Waals surface area contributed by atoms with Gasteiger partial charge in [0.1, 0.15) is 17.2 Å². The van der Waals surface area contributed by atoms with E-state index in [2.05, 4.69) is 15.0 Å². The Labute approximate surface area is 172 Å². The van der Waals surface area contributed by atoms with Crippen molar-refractivity contribution in [2.45, 2.75) is 38.5 Å². The number of benzene rings is 1.